The molecular weight excluding hydrogens is 390 g/mol. The number of Topliss-reactive ketones (excluding diaryl/α,β-unsaturated/α-hetero) is 1. The number of amides is 2. The molecule has 0 bridgehead atoms. The molecule has 3 rings (SSSR count). The number of morpholine rings is 1. The van der Waals surface area contributed by atoms with Gasteiger partial charge in [0.05, 0.1) is 19.3 Å². The van der Waals surface area contributed by atoms with Crippen LogP contribution in [0.5, 0.6) is 0 Å². The Morgan fingerprint density at radius 3 is 2.53 bits per heavy atom. The van der Waals surface area contributed by atoms with Crippen molar-refractivity contribution in [2.24, 2.45) is 5.92 Å². The average molecular weight is 417 g/mol. The Balaban J connectivity index is 1.61. The van der Waals surface area contributed by atoms with E-state index in [0.717, 1.165) is 0 Å². The standard InChI is InChI=1S/C21H27N3O6/c1-13(2)12-17(20(26)24-8-10-28-11-9-24)30-21(27)22-14(3)18(25)19-23-15-6-4-5-7-16(15)29-19/h4-7,13-14,17H,8-12H2,1-3H3,(H,22,27)/t14-,17-/m0/s1. The van der Waals surface area contributed by atoms with Crippen LogP contribution >= 0.6 is 0 Å². The maximum absolute atomic E-state index is 12.8. The van der Waals surface area contributed by atoms with E-state index in [4.69, 9.17) is 13.9 Å². The summed E-state index contributed by atoms with van der Waals surface area (Å²) in [5, 5.41) is 2.48. The van der Waals surface area contributed by atoms with Crippen LogP contribution in [0.2, 0.25) is 0 Å². The van der Waals surface area contributed by atoms with Gasteiger partial charge in [-0.25, -0.2) is 9.78 Å². The van der Waals surface area contributed by atoms with Crippen molar-refractivity contribution in [2.75, 3.05) is 26.3 Å². The van der Waals surface area contributed by atoms with Crippen LogP contribution in [0.15, 0.2) is 28.7 Å². The second kappa shape index (κ2) is 9.71. The molecule has 0 spiro atoms. The highest BCUT2D eigenvalue weighted by Crippen LogP contribution is 2.16. The molecule has 1 aliphatic heterocycles. The Kier molecular flexibility index (Phi) is 7.04. The quantitative estimate of drug-likeness (QED) is 0.689. The van der Waals surface area contributed by atoms with Gasteiger partial charge >= 0.3 is 6.09 Å². The highest BCUT2D eigenvalue weighted by molar-refractivity contribution is 5.99. The van der Waals surface area contributed by atoms with Crippen molar-refractivity contribution in [1.29, 1.82) is 0 Å². The normalized spacial score (nSPS) is 16.3. The minimum atomic E-state index is -0.927. The van der Waals surface area contributed by atoms with Crippen molar-refractivity contribution in [1.82, 2.24) is 15.2 Å². The van der Waals surface area contributed by atoms with E-state index in [9.17, 15) is 14.4 Å². The molecule has 1 fully saturated rings. The monoisotopic (exact) mass is 417 g/mol. The zero-order valence-corrected chi connectivity index (χ0v) is 17.4. The minimum Gasteiger partial charge on any atom is -0.436 e. The van der Waals surface area contributed by atoms with Gasteiger partial charge in [0.15, 0.2) is 11.7 Å². The molecule has 1 aromatic carbocycles. The first-order valence-corrected chi connectivity index (χ1v) is 10.1. The number of nitrogens with one attached hydrogen (secondary N) is 1. The van der Waals surface area contributed by atoms with Gasteiger partial charge in [-0.3, -0.25) is 9.59 Å². The molecular formula is C21H27N3O6. The fraction of sp³-hybridized carbons (Fsp3) is 0.524. The summed E-state index contributed by atoms with van der Waals surface area (Å²) >= 11 is 0. The van der Waals surface area contributed by atoms with Crippen molar-refractivity contribution in [3.05, 3.63) is 30.2 Å². The van der Waals surface area contributed by atoms with Gasteiger partial charge in [-0.15, -0.1) is 0 Å². The van der Waals surface area contributed by atoms with Gasteiger partial charge in [-0.2, -0.15) is 0 Å². The number of ether oxygens (including phenoxy) is 2. The number of alkyl carbamates (subject to hydrolysis) is 1. The molecule has 30 heavy (non-hydrogen) atoms. The lowest BCUT2D eigenvalue weighted by Crippen LogP contribution is -2.49. The number of nitrogens with zero attached hydrogens (tertiary/aromatic N) is 2. The summed E-state index contributed by atoms with van der Waals surface area (Å²) in [6.07, 6.45) is -1.37. The predicted octanol–water partition coefficient (Wildman–Crippen LogP) is 2.40. The van der Waals surface area contributed by atoms with Crippen molar-refractivity contribution >= 4 is 28.9 Å². The molecule has 0 saturated carbocycles. The highest BCUT2D eigenvalue weighted by Gasteiger charge is 2.31. The Morgan fingerprint density at radius 2 is 1.87 bits per heavy atom. The molecule has 1 aliphatic rings. The molecule has 2 heterocycles. The fourth-order valence-electron chi connectivity index (χ4n) is 3.18. The summed E-state index contributed by atoms with van der Waals surface area (Å²) < 4.78 is 16.1. The van der Waals surface area contributed by atoms with Gasteiger partial charge < -0.3 is 24.1 Å². The summed E-state index contributed by atoms with van der Waals surface area (Å²) in [5.74, 6) is -0.679. The fourth-order valence-corrected chi connectivity index (χ4v) is 3.18. The van der Waals surface area contributed by atoms with Gasteiger partial charge in [-0.05, 0) is 31.4 Å². The van der Waals surface area contributed by atoms with Crippen LogP contribution in [0.4, 0.5) is 4.79 Å². The van der Waals surface area contributed by atoms with E-state index in [0.29, 0.717) is 43.8 Å². The van der Waals surface area contributed by atoms with Crippen LogP contribution in [-0.2, 0) is 14.3 Å². The lowest BCUT2D eigenvalue weighted by molar-refractivity contribution is -0.145. The minimum absolute atomic E-state index is 0.0906. The first-order chi connectivity index (χ1) is 14.3. The van der Waals surface area contributed by atoms with Crippen LogP contribution < -0.4 is 5.32 Å². The number of hydrogen-bond donors (Lipinski definition) is 1. The SMILES string of the molecule is CC(C)C[C@H](OC(=O)N[C@@H](C)C(=O)c1nc2ccccc2o1)C(=O)N1CCOCC1. The first kappa shape index (κ1) is 21.8. The van der Waals surface area contributed by atoms with Gasteiger partial charge in [0.2, 0.25) is 5.78 Å². The number of hydrogen-bond acceptors (Lipinski definition) is 7. The van der Waals surface area contributed by atoms with Gasteiger partial charge in [0, 0.05) is 13.1 Å². The van der Waals surface area contributed by atoms with Crippen LogP contribution in [0.25, 0.3) is 11.1 Å². The molecule has 9 heteroatoms. The number of para-hydroxylation sites is 2. The second-order valence-corrected chi connectivity index (χ2v) is 7.68. The van der Waals surface area contributed by atoms with E-state index in [2.05, 4.69) is 10.3 Å². The van der Waals surface area contributed by atoms with Crippen molar-refractivity contribution in [3.8, 4) is 0 Å². The van der Waals surface area contributed by atoms with Crippen molar-refractivity contribution in [2.45, 2.75) is 39.3 Å². The zero-order chi connectivity index (χ0) is 21.7. The molecule has 2 aromatic rings. The maximum Gasteiger partial charge on any atom is 0.408 e. The number of carbonyl (C=O) groups excluding carboxylic acids is 3. The van der Waals surface area contributed by atoms with Crippen LogP contribution in [0, 0.1) is 5.92 Å². The Bertz CT molecular complexity index is 870. The number of benzene rings is 1. The number of fused-ring (bicyclic) bond motifs is 1. The van der Waals surface area contributed by atoms with Gasteiger partial charge in [0.1, 0.15) is 5.52 Å². The van der Waals surface area contributed by atoms with Crippen LogP contribution in [-0.4, -0.2) is 66.1 Å². The smallest absolute Gasteiger partial charge is 0.408 e. The summed E-state index contributed by atoms with van der Waals surface area (Å²) in [7, 11) is 0. The van der Waals surface area contributed by atoms with Gasteiger partial charge in [0.25, 0.3) is 11.8 Å². The first-order valence-electron chi connectivity index (χ1n) is 10.1. The van der Waals surface area contributed by atoms with E-state index in [1.807, 2.05) is 13.8 Å². The van der Waals surface area contributed by atoms with Crippen LogP contribution in [0.3, 0.4) is 0 Å². The summed E-state index contributed by atoms with van der Waals surface area (Å²) in [4.78, 5) is 43.6. The number of ketones is 1. The molecule has 0 unspecified atom stereocenters. The number of aromatic nitrogens is 1. The third-order valence-electron chi connectivity index (χ3n) is 4.77. The summed E-state index contributed by atoms with van der Waals surface area (Å²) in [5.41, 5.74) is 1.05. The molecule has 1 N–H and O–H groups in total. The van der Waals surface area contributed by atoms with E-state index in [-0.39, 0.29) is 17.7 Å². The summed E-state index contributed by atoms with van der Waals surface area (Å²) in [6.45, 7) is 7.25. The maximum atomic E-state index is 12.8. The predicted molar refractivity (Wildman–Crippen MR) is 108 cm³/mol. The third-order valence-corrected chi connectivity index (χ3v) is 4.77. The van der Waals surface area contributed by atoms with Crippen molar-refractivity contribution < 1.29 is 28.3 Å². The number of rotatable bonds is 7. The topological polar surface area (TPSA) is 111 Å². The summed E-state index contributed by atoms with van der Waals surface area (Å²) in [6, 6.07) is 6.08. The lowest BCUT2D eigenvalue weighted by Gasteiger charge is -2.30. The number of carbonyl (C=O) groups is 3. The van der Waals surface area contributed by atoms with E-state index in [1.165, 1.54) is 6.92 Å². The molecule has 0 radical (unpaired) electrons. The van der Waals surface area contributed by atoms with E-state index in [1.54, 1.807) is 29.2 Å². The molecule has 1 aromatic heterocycles. The Labute approximate surface area is 174 Å². The van der Waals surface area contributed by atoms with Crippen molar-refractivity contribution in [3.63, 3.8) is 0 Å². The Morgan fingerprint density at radius 1 is 1.17 bits per heavy atom. The largest absolute Gasteiger partial charge is 0.436 e. The molecule has 162 valence electrons. The third kappa shape index (κ3) is 5.35. The van der Waals surface area contributed by atoms with E-state index >= 15 is 0 Å². The molecule has 1 saturated heterocycles. The Hall–Kier alpha value is -2.94. The zero-order valence-electron chi connectivity index (χ0n) is 17.4. The molecule has 2 atom stereocenters. The van der Waals surface area contributed by atoms with E-state index < -0.39 is 24.0 Å². The molecule has 0 aliphatic carbocycles. The highest BCUT2D eigenvalue weighted by atomic mass is 16.6. The second-order valence-electron chi connectivity index (χ2n) is 7.68. The average Bonchev–Trinajstić information content (AvgIpc) is 3.16. The van der Waals surface area contributed by atoms with Gasteiger partial charge in [-0.1, -0.05) is 26.0 Å². The van der Waals surface area contributed by atoms with Crippen LogP contribution in [0.1, 0.15) is 37.9 Å². The number of oxazole rings is 1. The lowest BCUT2D eigenvalue weighted by atomic mass is 10.0. The molecule has 2 amide bonds. The molecule has 9 nitrogen and oxygen atoms in total.